The number of hydrogen-bond donors (Lipinski definition) is 1. The zero-order valence-corrected chi connectivity index (χ0v) is 9.63. The molecule has 0 saturated carbocycles. The van der Waals surface area contributed by atoms with Crippen molar-refractivity contribution in [3.8, 4) is 11.4 Å². The lowest BCUT2D eigenvalue weighted by atomic mass is 10.2. The highest BCUT2D eigenvalue weighted by atomic mass is 15.3. The Labute approximate surface area is 99.7 Å². The fourth-order valence-corrected chi connectivity index (χ4v) is 2.29. The van der Waals surface area contributed by atoms with E-state index in [0.717, 1.165) is 30.2 Å². The number of hydrogen-bond acceptors (Lipinski definition) is 4. The predicted octanol–water partition coefficient (Wildman–Crippen LogP) is 1.65. The monoisotopic (exact) mass is 229 g/mol. The first-order valence-corrected chi connectivity index (χ1v) is 5.98. The lowest BCUT2D eigenvalue weighted by molar-refractivity contribution is 0.637. The van der Waals surface area contributed by atoms with Crippen LogP contribution in [0.1, 0.15) is 25.1 Å². The van der Waals surface area contributed by atoms with E-state index in [1.165, 1.54) is 19.3 Å². The number of nitrogen functional groups attached to an aromatic ring is 1. The van der Waals surface area contributed by atoms with Crippen LogP contribution >= 0.6 is 0 Å². The van der Waals surface area contributed by atoms with E-state index in [0.29, 0.717) is 5.69 Å². The second kappa shape index (κ2) is 4.16. The van der Waals surface area contributed by atoms with Gasteiger partial charge in [0.1, 0.15) is 5.82 Å². The van der Waals surface area contributed by atoms with Crippen molar-refractivity contribution < 1.29 is 0 Å². The van der Waals surface area contributed by atoms with Crippen LogP contribution in [-0.4, -0.2) is 19.7 Å². The van der Waals surface area contributed by atoms with Crippen LogP contribution in [0.5, 0.6) is 0 Å². The number of rotatable bonds is 1. The molecule has 3 rings (SSSR count). The number of nitrogens with two attached hydrogens (primary N) is 1. The molecule has 1 aliphatic heterocycles. The summed E-state index contributed by atoms with van der Waals surface area (Å²) in [6.45, 7) is 0.986. The maximum absolute atomic E-state index is 5.94. The van der Waals surface area contributed by atoms with Crippen molar-refractivity contribution in [1.82, 2.24) is 19.7 Å². The van der Waals surface area contributed by atoms with Crippen LogP contribution in [0.25, 0.3) is 11.4 Å². The molecule has 0 atom stereocenters. The predicted molar refractivity (Wildman–Crippen MR) is 65.2 cm³/mol. The summed E-state index contributed by atoms with van der Waals surface area (Å²) in [5, 5.41) is 8.55. The van der Waals surface area contributed by atoms with E-state index in [4.69, 9.17) is 5.73 Å². The lowest BCUT2D eigenvalue weighted by Crippen LogP contribution is -2.04. The van der Waals surface area contributed by atoms with Gasteiger partial charge in [-0.15, -0.1) is 10.2 Å². The number of aromatic nitrogens is 4. The quantitative estimate of drug-likeness (QED) is 0.807. The van der Waals surface area contributed by atoms with Crippen molar-refractivity contribution in [2.24, 2.45) is 0 Å². The minimum Gasteiger partial charge on any atom is -0.397 e. The molecular weight excluding hydrogens is 214 g/mol. The fraction of sp³-hybridized carbons (Fsp3) is 0.417. The van der Waals surface area contributed by atoms with E-state index in [2.05, 4.69) is 19.7 Å². The largest absolute Gasteiger partial charge is 0.397 e. The van der Waals surface area contributed by atoms with Gasteiger partial charge in [-0.05, 0) is 18.9 Å². The van der Waals surface area contributed by atoms with E-state index in [9.17, 15) is 0 Å². The average Bonchev–Trinajstić information content (AvgIpc) is 2.59. The molecule has 0 fully saturated rings. The SMILES string of the molecule is Nc1cnccc1-c1nnc2n1CCCCC2. The van der Waals surface area contributed by atoms with Crippen molar-refractivity contribution >= 4 is 5.69 Å². The van der Waals surface area contributed by atoms with Crippen molar-refractivity contribution in [2.45, 2.75) is 32.2 Å². The summed E-state index contributed by atoms with van der Waals surface area (Å²) >= 11 is 0. The third-order valence-corrected chi connectivity index (χ3v) is 3.20. The van der Waals surface area contributed by atoms with Gasteiger partial charge in [0.25, 0.3) is 0 Å². The highest BCUT2D eigenvalue weighted by Crippen LogP contribution is 2.25. The summed E-state index contributed by atoms with van der Waals surface area (Å²) in [7, 11) is 0. The molecular formula is C12H15N5. The molecule has 5 nitrogen and oxygen atoms in total. The lowest BCUT2D eigenvalue weighted by Gasteiger charge is -2.08. The Balaban J connectivity index is 2.10. The van der Waals surface area contributed by atoms with Gasteiger partial charge in [-0.25, -0.2) is 0 Å². The van der Waals surface area contributed by atoms with E-state index in [1.54, 1.807) is 12.4 Å². The topological polar surface area (TPSA) is 69.6 Å². The van der Waals surface area contributed by atoms with E-state index in [1.807, 2.05) is 6.07 Å². The first-order chi connectivity index (χ1) is 8.36. The Morgan fingerprint density at radius 2 is 2.12 bits per heavy atom. The molecule has 17 heavy (non-hydrogen) atoms. The molecule has 0 saturated heterocycles. The molecule has 2 aromatic rings. The Morgan fingerprint density at radius 3 is 3.00 bits per heavy atom. The van der Waals surface area contributed by atoms with Crippen LogP contribution in [0, 0.1) is 0 Å². The van der Waals surface area contributed by atoms with Gasteiger partial charge in [-0.2, -0.15) is 0 Å². The van der Waals surface area contributed by atoms with Crippen LogP contribution in [0.4, 0.5) is 5.69 Å². The van der Waals surface area contributed by atoms with Crippen LogP contribution in [0.15, 0.2) is 18.5 Å². The summed E-state index contributed by atoms with van der Waals surface area (Å²) in [6, 6.07) is 1.90. The molecule has 2 aromatic heterocycles. The first kappa shape index (κ1) is 10.3. The minimum atomic E-state index is 0.659. The van der Waals surface area contributed by atoms with Gasteiger partial charge in [0.2, 0.25) is 0 Å². The molecule has 1 aliphatic rings. The van der Waals surface area contributed by atoms with E-state index >= 15 is 0 Å². The van der Waals surface area contributed by atoms with Crippen molar-refractivity contribution in [3.63, 3.8) is 0 Å². The van der Waals surface area contributed by atoms with Gasteiger partial charge < -0.3 is 10.3 Å². The molecule has 3 heterocycles. The first-order valence-electron chi connectivity index (χ1n) is 5.98. The second-order valence-corrected chi connectivity index (χ2v) is 4.37. The fourth-order valence-electron chi connectivity index (χ4n) is 2.29. The van der Waals surface area contributed by atoms with Gasteiger partial charge in [0, 0.05) is 24.7 Å². The summed E-state index contributed by atoms with van der Waals surface area (Å²) in [5.41, 5.74) is 7.53. The van der Waals surface area contributed by atoms with E-state index < -0.39 is 0 Å². The summed E-state index contributed by atoms with van der Waals surface area (Å²) in [4.78, 5) is 4.00. The van der Waals surface area contributed by atoms with Crippen molar-refractivity contribution in [3.05, 3.63) is 24.3 Å². The average molecular weight is 229 g/mol. The number of anilines is 1. The molecule has 2 N–H and O–H groups in total. The molecule has 0 amide bonds. The maximum Gasteiger partial charge on any atom is 0.166 e. The standard InChI is InChI=1S/C12H15N5/c13-10-8-14-6-5-9(10)12-16-15-11-4-2-1-3-7-17(11)12/h5-6,8H,1-4,7,13H2. The third kappa shape index (κ3) is 1.77. The van der Waals surface area contributed by atoms with Crippen LogP contribution in [0.3, 0.4) is 0 Å². The summed E-state index contributed by atoms with van der Waals surface area (Å²) in [5.74, 6) is 1.95. The second-order valence-electron chi connectivity index (χ2n) is 4.37. The molecule has 0 spiro atoms. The van der Waals surface area contributed by atoms with Gasteiger partial charge in [0.15, 0.2) is 5.82 Å². The number of nitrogens with zero attached hydrogens (tertiary/aromatic N) is 4. The number of pyridine rings is 1. The highest BCUT2D eigenvalue weighted by Gasteiger charge is 2.17. The molecule has 0 radical (unpaired) electrons. The van der Waals surface area contributed by atoms with Gasteiger partial charge in [-0.1, -0.05) is 6.42 Å². The third-order valence-electron chi connectivity index (χ3n) is 3.20. The normalized spacial score (nSPS) is 15.3. The molecule has 0 unspecified atom stereocenters. The zero-order chi connectivity index (χ0) is 11.7. The summed E-state index contributed by atoms with van der Waals surface area (Å²) in [6.07, 6.45) is 8.05. The Bertz CT molecular complexity index is 531. The van der Waals surface area contributed by atoms with E-state index in [-0.39, 0.29) is 0 Å². The zero-order valence-electron chi connectivity index (χ0n) is 9.63. The number of aryl methyl sites for hydroxylation is 1. The Hall–Kier alpha value is -1.91. The van der Waals surface area contributed by atoms with Crippen molar-refractivity contribution in [2.75, 3.05) is 5.73 Å². The van der Waals surface area contributed by atoms with Crippen LogP contribution in [0.2, 0.25) is 0 Å². The van der Waals surface area contributed by atoms with Crippen LogP contribution in [-0.2, 0) is 13.0 Å². The Kier molecular flexibility index (Phi) is 2.51. The maximum atomic E-state index is 5.94. The summed E-state index contributed by atoms with van der Waals surface area (Å²) < 4.78 is 2.19. The smallest absolute Gasteiger partial charge is 0.166 e. The molecule has 88 valence electrons. The number of fused-ring (bicyclic) bond motifs is 1. The van der Waals surface area contributed by atoms with Gasteiger partial charge in [-0.3, -0.25) is 4.98 Å². The van der Waals surface area contributed by atoms with Gasteiger partial charge >= 0.3 is 0 Å². The Morgan fingerprint density at radius 1 is 1.18 bits per heavy atom. The molecule has 5 heteroatoms. The highest BCUT2D eigenvalue weighted by molar-refractivity contribution is 5.70. The molecule has 0 aromatic carbocycles. The van der Waals surface area contributed by atoms with Crippen molar-refractivity contribution in [1.29, 1.82) is 0 Å². The van der Waals surface area contributed by atoms with Crippen LogP contribution < -0.4 is 5.73 Å². The molecule has 0 bridgehead atoms. The minimum absolute atomic E-state index is 0.659. The molecule has 0 aliphatic carbocycles. The van der Waals surface area contributed by atoms with Gasteiger partial charge in [0.05, 0.1) is 11.9 Å².